The maximum absolute atomic E-state index is 12.2. The Hall–Kier alpha value is -2.62. The van der Waals surface area contributed by atoms with Crippen LogP contribution in [-0.4, -0.2) is 17.0 Å². The summed E-state index contributed by atoms with van der Waals surface area (Å²) in [5.74, 6) is -1.53. The molecule has 0 fully saturated rings. The second-order valence-electron chi connectivity index (χ2n) is 5.11. The fraction of sp³-hybridized carbons (Fsp3) is 0.364. The number of benzene rings is 2. The number of aromatic carboxylic acids is 1. The number of nitrogens with one attached hydrogen (secondary N) is 1. The van der Waals surface area contributed by atoms with Crippen molar-refractivity contribution in [3.63, 3.8) is 0 Å². The van der Waals surface area contributed by atoms with Gasteiger partial charge in [0.2, 0.25) is 0 Å². The third-order valence-corrected chi connectivity index (χ3v) is 3.43. The molecule has 0 heterocycles. The minimum Gasteiger partial charge on any atom is -0.478 e. The first-order valence-electron chi connectivity index (χ1n) is 9.34. The fourth-order valence-electron chi connectivity index (χ4n) is 2.20. The maximum Gasteiger partial charge on any atom is 0.336 e. The molecule has 0 bridgehead atoms. The SMILES string of the molecule is CC.CC.CCCCc1ccc(NC(=O)c2ccccc2C(=O)O)cc1. The monoisotopic (exact) mass is 357 g/mol. The van der Waals surface area contributed by atoms with Crippen LogP contribution < -0.4 is 5.32 Å². The number of anilines is 1. The van der Waals surface area contributed by atoms with Crippen molar-refractivity contribution in [1.29, 1.82) is 0 Å². The summed E-state index contributed by atoms with van der Waals surface area (Å²) in [6, 6.07) is 13.8. The van der Waals surface area contributed by atoms with E-state index in [1.807, 2.05) is 52.0 Å². The fourth-order valence-corrected chi connectivity index (χ4v) is 2.20. The van der Waals surface area contributed by atoms with Gasteiger partial charge < -0.3 is 10.4 Å². The molecular weight excluding hydrogens is 326 g/mol. The molecular formula is C22H31NO3. The van der Waals surface area contributed by atoms with Gasteiger partial charge in [-0.2, -0.15) is 0 Å². The molecule has 2 rings (SSSR count). The Morgan fingerprint density at radius 1 is 0.885 bits per heavy atom. The standard InChI is InChI=1S/C18H19NO3.2C2H6/c1-2-3-6-13-9-11-14(12-10-13)19-17(20)15-7-4-5-8-16(15)18(21)22;2*1-2/h4-5,7-12H,2-3,6H2,1H3,(H,19,20)(H,21,22);2*1-2H3. The molecule has 0 aliphatic heterocycles. The van der Waals surface area contributed by atoms with Crippen molar-refractivity contribution >= 4 is 17.6 Å². The molecule has 4 nitrogen and oxygen atoms in total. The molecule has 4 heteroatoms. The molecule has 0 aliphatic carbocycles. The molecule has 2 aromatic carbocycles. The van der Waals surface area contributed by atoms with E-state index in [2.05, 4.69) is 12.2 Å². The number of carbonyl (C=O) groups excluding carboxylic acids is 1. The quantitative estimate of drug-likeness (QED) is 0.663. The number of unbranched alkanes of at least 4 members (excludes halogenated alkanes) is 1. The molecule has 0 saturated heterocycles. The second kappa shape index (κ2) is 13.6. The normalized spacial score (nSPS) is 9.12. The number of hydrogen-bond donors (Lipinski definition) is 2. The summed E-state index contributed by atoms with van der Waals surface area (Å²) >= 11 is 0. The predicted molar refractivity (Wildman–Crippen MR) is 109 cm³/mol. The maximum atomic E-state index is 12.2. The van der Waals surface area contributed by atoms with Gasteiger partial charge in [0.05, 0.1) is 11.1 Å². The lowest BCUT2D eigenvalue weighted by molar-refractivity contribution is 0.0692. The number of carboxylic acid groups (broad SMARTS) is 1. The zero-order chi connectivity index (χ0) is 19.9. The average Bonchev–Trinajstić information content (AvgIpc) is 2.70. The van der Waals surface area contributed by atoms with Crippen molar-refractivity contribution in [3.8, 4) is 0 Å². The van der Waals surface area contributed by atoms with Gasteiger partial charge in [-0.05, 0) is 42.7 Å². The van der Waals surface area contributed by atoms with Crippen LogP contribution in [0.25, 0.3) is 0 Å². The van der Waals surface area contributed by atoms with E-state index < -0.39 is 11.9 Å². The number of aryl methyl sites for hydroxylation is 1. The first-order chi connectivity index (χ1) is 12.6. The van der Waals surface area contributed by atoms with E-state index in [0.29, 0.717) is 5.69 Å². The lowest BCUT2D eigenvalue weighted by Crippen LogP contribution is -2.16. The molecule has 0 unspecified atom stereocenters. The van der Waals surface area contributed by atoms with Crippen LogP contribution in [0.5, 0.6) is 0 Å². The smallest absolute Gasteiger partial charge is 0.336 e. The Kier molecular flexibility index (Phi) is 12.3. The van der Waals surface area contributed by atoms with E-state index in [9.17, 15) is 9.59 Å². The number of rotatable bonds is 6. The lowest BCUT2D eigenvalue weighted by Gasteiger charge is -2.08. The lowest BCUT2D eigenvalue weighted by atomic mass is 10.1. The number of carbonyl (C=O) groups is 2. The van der Waals surface area contributed by atoms with Gasteiger partial charge in [0.1, 0.15) is 0 Å². The van der Waals surface area contributed by atoms with E-state index >= 15 is 0 Å². The molecule has 0 radical (unpaired) electrons. The van der Waals surface area contributed by atoms with Crippen molar-refractivity contribution in [2.24, 2.45) is 0 Å². The van der Waals surface area contributed by atoms with E-state index in [4.69, 9.17) is 5.11 Å². The number of hydrogen-bond acceptors (Lipinski definition) is 2. The Balaban J connectivity index is 0.00000146. The molecule has 26 heavy (non-hydrogen) atoms. The Labute approximate surface area is 157 Å². The Morgan fingerprint density at radius 3 is 1.92 bits per heavy atom. The summed E-state index contributed by atoms with van der Waals surface area (Å²) in [7, 11) is 0. The highest BCUT2D eigenvalue weighted by molar-refractivity contribution is 6.10. The molecule has 1 amide bonds. The third-order valence-electron chi connectivity index (χ3n) is 3.43. The van der Waals surface area contributed by atoms with Crippen LogP contribution in [0.15, 0.2) is 48.5 Å². The molecule has 0 aliphatic rings. The van der Waals surface area contributed by atoms with Crippen molar-refractivity contribution in [1.82, 2.24) is 0 Å². The van der Waals surface area contributed by atoms with E-state index in [1.54, 1.807) is 12.1 Å². The van der Waals surface area contributed by atoms with Crippen LogP contribution in [-0.2, 0) is 6.42 Å². The molecule has 2 aromatic rings. The van der Waals surface area contributed by atoms with Gasteiger partial charge in [-0.25, -0.2) is 4.79 Å². The van der Waals surface area contributed by atoms with Gasteiger partial charge >= 0.3 is 5.97 Å². The zero-order valence-electron chi connectivity index (χ0n) is 16.5. The minimum absolute atomic E-state index is 0.000402. The highest BCUT2D eigenvalue weighted by Gasteiger charge is 2.15. The summed E-state index contributed by atoms with van der Waals surface area (Å²) in [6.07, 6.45) is 3.30. The molecule has 142 valence electrons. The zero-order valence-corrected chi connectivity index (χ0v) is 16.5. The van der Waals surface area contributed by atoms with Crippen LogP contribution in [0.2, 0.25) is 0 Å². The highest BCUT2D eigenvalue weighted by atomic mass is 16.4. The van der Waals surface area contributed by atoms with Gasteiger partial charge in [0.15, 0.2) is 0 Å². The third kappa shape index (κ3) is 7.51. The van der Waals surface area contributed by atoms with Gasteiger partial charge in [0, 0.05) is 5.69 Å². The summed E-state index contributed by atoms with van der Waals surface area (Å²) in [5.41, 5.74) is 2.04. The Morgan fingerprint density at radius 2 is 1.42 bits per heavy atom. The van der Waals surface area contributed by atoms with Gasteiger partial charge in [-0.1, -0.05) is 65.3 Å². The summed E-state index contributed by atoms with van der Waals surface area (Å²) in [6.45, 7) is 10.1. The predicted octanol–water partition coefficient (Wildman–Crippen LogP) is 6.03. The first kappa shape index (κ1) is 23.4. The Bertz CT molecular complexity index is 663. The highest BCUT2D eigenvalue weighted by Crippen LogP contribution is 2.15. The van der Waals surface area contributed by atoms with Crippen molar-refractivity contribution in [2.45, 2.75) is 53.9 Å². The van der Waals surface area contributed by atoms with Crippen LogP contribution in [0.1, 0.15) is 73.7 Å². The minimum atomic E-state index is -1.11. The molecule has 0 atom stereocenters. The summed E-state index contributed by atoms with van der Waals surface area (Å²) in [4.78, 5) is 23.4. The molecule has 2 N–H and O–H groups in total. The van der Waals surface area contributed by atoms with Crippen LogP contribution in [0.3, 0.4) is 0 Å². The topological polar surface area (TPSA) is 66.4 Å². The largest absolute Gasteiger partial charge is 0.478 e. The van der Waals surface area contributed by atoms with Gasteiger partial charge in [0.25, 0.3) is 5.91 Å². The van der Waals surface area contributed by atoms with E-state index in [0.717, 1.165) is 19.3 Å². The number of amides is 1. The van der Waals surface area contributed by atoms with E-state index in [1.165, 1.54) is 17.7 Å². The van der Waals surface area contributed by atoms with Gasteiger partial charge in [-0.15, -0.1) is 0 Å². The summed E-state index contributed by atoms with van der Waals surface area (Å²) < 4.78 is 0. The van der Waals surface area contributed by atoms with Crippen molar-refractivity contribution < 1.29 is 14.7 Å². The molecule has 0 aromatic heterocycles. The summed E-state index contributed by atoms with van der Waals surface area (Å²) in [5, 5.41) is 11.9. The first-order valence-corrected chi connectivity index (χ1v) is 9.34. The van der Waals surface area contributed by atoms with Crippen molar-refractivity contribution in [3.05, 3.63) is 65.2 Å². The number of carboxylic acids is 1. The van der Waals surface area contributed by atoms with Crippen LogP contribution in [0.4, 0.5) is 5.69 Å². The average molecular weight is 357 g/mol. The van der Waals surface area contributed by atoms with Crippen LogP contribution >= 0.6 is 0 Å². The van der Waals surface area contributed by atoms with E-state index in [-0.39, 0.29) is 11.1 Å². The molecule has 0 saturated carbocycles. The van der Waals surface area contributed by atoms with Crippen LogP contribution in [0, 0.1) is 0 Å². The molecule has 0 spiro atoms. The second-order valence-corrected chi connectivity index (χ2v) is 5.11. The van der Waals surface area contributed by atoms with Gasteiger partial charge in [-0.3, -0.25) is 4.79 Å². The van der Waals surface area contributed by atoms with Crippen molar-refractivity contribution in [2.75, 3.05) is 5.32 Å².